The average Bonchev–Trinajstić information content (AvgIpc) is 3.64. The summed E-state index contributed by atoms with van der Waals surface area (Å²) in [5.74, 6) is 0.778. The zero-order valence-electron chi connectivity index (χ0n) is 24.5. The van der Waals surface area contributed by atoms with Gasteiger partial charge in [0.25, 0.3) is 0 Å². The van der Waals surface area contributed by atoms with E-state index in [-0.39, 0.29) is 30.0 Å². The van der Waals surface area contributed by atoms with E-state index in [1.54, 1.807) is 22.1 Å². The molecular formula is C32H34N6O4S. The summed E-state index contributed by atoms with van der Waals surface area (Å²) >= 11 is 1.72. The number of nitrogens with one attached hydrogen (secondary N) is 1. The molecule has 0 unspecified atom stereocenters. The summed E-state index contributed by atoms with van der Waals surface area (Å²) in [5, 5.41) is 11.8. The molecule has 7 rings (SSSR count). The van der Waals surface area contributed by atoms with Crippen LogP contribution in [0.4, 0.5) is 0 Å². The summed E-state index contributed by atoms with van der Waals surface area (Å²) in [6.45, 7) is 6.21. The van der Waals surface area contributed by atoms with Crippen LogP contribution in [-0.4, -0.2) is 55.1 Å². The molecule has 1 aliphatic carbocycles. The Morgan fingerprint density at radius 2 is 2.12 bits per heavy atom. The summed E-state index contributed by atoms with van der Waals surface area (Å²) in [6, 6.07) is 9.89. The lowest BCUT2D eigenvalue weighted by Gasteiger charge is -2.25. The molecule has 5 heterocycles. The zero-order valence-corrected chi connectivity index (χ0v) is 25.3. The number of aromatic nitrogens is 5. The van der Waals surface area contributed by atoms with E-state index in [4.69, 9.17) is 9.47 Å². The molecule has 10 nitrogen and oxygen atoms in total. The molecule has 0 amide bonds. The fourth-order valence-corrected chi connectivity index (χ4v) is 7.19. The molecule has 43 heavy (non-hydrogen) atoms. The fourth-order valence-electron chi connectivity index (χ4n) is 6.30. The SMILES string of the molecule is CCOC(=O)C[C@@H](c1cc(CN2Cc3[nH]c(=O)ccc3O[C@H](C3CC3)C2)c2sccc2c1)c1cnc2c(nnn2C)c1C. The van der Waals surface area contributed by atoms with Crippen molar-refractivity contribution in [3.8, 4) is 5.75 Å². The van der Waals surface area contributed by atoms with E-state index in [9.17, 15) is 9.59 Å². The molecule has 1 N–H and O–H groups in total. The van der Waals surface area contributed by atoms with Crippen LogP contribution < -0.4 is 10.3 Å². The van der Waals surface area contributed by atoms with Crippen molar-refractivity contribution >= 4 is 38.6 Å². The van der Waals surface area contributed by atoms with Crippen molar-refractivity contribution in [1.29, 1.82) is 0 Å². The molecule has 0 saturated heterocycles. The number of carbonyl (C=O) groups is 1. The second-order valence-corrected chi connectivity index (χ2v) is 12.5. The van der Waals surface area contributed by atoms with E-state index in [1.165, 1.54) is 29.2 Å². The summed E-state index contributed by atoms with van der Waals surface area (Å²) in [5.41, 5.74) is 6.22. The van der Waals surface area contributed by atoms with Crippen molar-refractivity contribution in [3.63, 3.8) is 0 Å². The summed E-state index contributed by atoms with van der Waals surface area (Å²) < 4.78 is 14.7. The monoisotopic (exact) mass is 598 g/mol. The molecule has 2 atom stereocenters. The molecule has 0 spiro atoms. The van der Waals surface area contributed by atoms with Gasteiger partial charge in [0.15, 0.2) is 5.65 Å². The first-order valence-electron chi connectivity index (χ1n) is 14.8. The number of esters is 1. The number of H-pyrrole nitrogens is 1. The van der Waals surface area contributed by atoms with Crippen LogP contribution in [0.15, 0.2) is 46.7 Å². The average molecular weight is 599 g/mol. The highest BCUT2D eigenvalue weighted by Gasteiger charge is 2.36. The Hall–Kier alpha value is -4.09. The Morgan fingerprint density at radius 1 is 1.26 bits per heavy atom. The minimum Gasteiger partial charge on any atom is -0.487 e. The van der Waals surface area contributed by atoms with Crippen LogP contribution in [0.5, 0.6) is 5.75 Å². The number of hydrogen-bond acceptors (Lipinski definition) is 9. The number of aryl methyl sites for hydroxylation is 2. The predicted molar refractivity (Wildman–Crippen MR) is 164 cm³/mol. The molecule has 222 valence electrons. The highest BCUT2D eigenvalue weighted by atomic mass is 32.1. The van der Waals surface area contributed by atoms with E-state index >= 15 is 0 Å². The smallest absolute Gasteiger partial charge is 0.306 e. The highest BCUT2D eigenvalue weighted by molar-refractivity contribution is 7.17. The number of hydrogen-bond donors (Lipinski definition) is 1. The Kier molecular flexibility index (Phi) is 7.22. The number of fused-ring (bicyclic) bond motifs is 3. The summed E-state index contributed by atoms with van der Waals surface area (Å²) in [6.07, 6.45) is 4.45. The van der Waals surface area contributed by atoms with Crippen LogP contribution in [0, 0.1) is 12.8 Å². The third-order valence-electron chi connectivity index (χ3n) is 8.61. The Morgan fingerprint density at radius 3 is 2.93 bits per heavy atom. The number of aromatic amines is 1. The standard InChI is InChI=1S/C32H34N6O4S/c1-4-41-29(40)13-23(24-14-33-32-30(18(24)2)35-36-37(32)3)21-11-20-9-10-43-31(20)22(12-21)15-38-16-25-26(7-8-28(39)34-25)42-27(17-38)19-5-6-19/h7-12,14,19,23,27H,4-6,13,15-17H2,1-3H3,(H,34,39)/t23-,27-/m0/s1. The lowest BCUT2D eigenvalue weighted by molar-refractivity contribution is -0.143. The quantitative estimate of drug-likeness (QED) is 0.253. The van der Waals surface area contributed by atoms with E-state index < -0.39 is 0 Å². The molecule has 0 radical (unpaired) electrons. The van der Waals surface area contributed by atoms with Gasteiger partial charge < -0.3 is 14.5 Å². The molecule has 1 aromatic carbocycles. The van der Waals surface area contributed by atoms with Crippen molar-refractivity contribution in [3.05, 3.63) is 80.2 Å². The van der Waals surface area contributed by atoms with Crippen molar-refractivity contribution in [1.82, 2.24) is 29.9 Å². The molecule has 0 bridgehead atoms. The fraction of sp³-hybridized carbons (Fsp3) is 0.406. The molecule has 1 fully saturated rings. The summed E-state index contributed by atoms with van der Waals surface area (Å²) in [4.78, 5) is 35.2. The largest absolute Gasteiger partial charge is 0.487 e. The Balaban J connectivity index is 1.29. The van der Waals surface area contributed by atoms with Crippen molar-refractivity contribution < 1.29 is 14.3 Å². The van der Waals surface area contributed by atoms with E-state index in [0.717, 1.165) is 45.6 Å². The third kappa shape index (κ3) is 5.43. The second kappa shape index (κ2) is 11.2. The maximum absolute atomic E-state index is 13.0. The molecule has 5 aromatic rings. The molecule has 1 aliphatic heterocycles. The normalized spacial score (nSPS) is 17.9. The topological polar surface area (TPSA) is 115 Å². The first-order valence-corrected chi connectivity index (χ1v) is 15.7. The lowest BCUT2D eigenvalue weighted by atomic mass is 9.85. The molecular weight excluding hydrogens is 564 g/mol. The van der Waals surface area contributed by atoms with Crippen LogP contribution in [0.2, 0.25) is 0 Å². The van der Waals surface area contributed by atoms with Crippen LogP contribution in [-0.2, 0) is 29.7 Å². The Bertz CT molecular complexity index is 1890. The van der Waals surface area contributed by atoms with Crippen LogP contribution >= 0.6 is 11.3 Å². The van der Waals surface area contributed by atoms with E-state index in [2.05, 4.69) is 48.8 Å². The molecule has 1 saturated carbocycles. The number of benzene rings is 1. The first kappa shape index (κ1) is 27.7. The predicted octanol–water partition coefficient (Wildman–Crippen LogP) is 4.83. The lowest BCUT2D eigenvalue weighted by Crippen LogP contribution is -2.34. The molecule has 4 aromatic heterocycles. The van der Waals surface area contributed by atoms with Gasteiger partial charge in [-0.1, -0.05) is 11.3 Å². The number of thiophene rings is 1. The second-order valence-electron chi connectivity index (χ2n) is 11.6. The van der Waals surface area contributed by atoms with E-state index in [0.29, 0.717) is 31.3 Å². The highest BCUT2D eigenvalue weighted by Crippen LogP contribution is 2.40. The van der Waals surface area contributed by atoms with Gasteiger partial charge in [0, 0.05) is 49.6 Å². The van der Waals surface area contributed by atoms with Gasteiger partial charge in [0.05, 0.1) is 18.7 Å². The summed E-state index contributed by atoms with van der Waals surface area (Å²) in [7, 11) is 1.82. The molecule has 2 aliphatic rings. The number of rotatable bonds is 8. The van der Waals surface area contributed by atoms with Crippen molar-refractivity contribution in [2.45, 2.75) is 58.2 Å². The van der Waals surface area contributed by atoms with Crippen LogP contribution in [0.3, 0.4) is 0 Å². The van der Waals surface area contributed by atoms with Gasteiger partial charge in [-0.25, -0.2) is 9.67 Å². The van der Waals surface area contributed by atoms with E-state index in [1.807, 2.05) is 27.1 Å². The van der Waals surface area contributed by atoms with Gasteiger partial charge in [0.2, 0.25) is 5.56 Å². The zero-order chi connectivity index (χ0) is 29.7. The Labute approximate surface area is 252 Å². The van der Waals surface area contributed by atoms with Gasteiger partial charge in [-0.15, -0.1) is 16.4 Å². The number of pyridine rings is 2. The third-order valence-corrected chi connectivity index (χ3v) is 9.62. The minimum absolute atomic E-state index is 0.0816. The molecule has 11 heteroatoms. The van der Waals surface area contributed by atoms with Gasteiger partial charge in [-0.3, -0.25) is 14.5 Å². The maximum Gasteiger partial charge on any atom is 0.306 e. The van der Waals surface area contributed by atoms with Crippen molar-refractivity contribution in [2.75, 3.05) is 13.2 Å². The number of carbonyl (C=O) groups excluding carboxylic acids is 1. The van der Waals surface area contributed by atoms with Gasteiger partial charge in [-0.05, 0) is 83.8 Å². The maximum atomic E-state index is 13.0. The van der Waals surface area contributed by atoms with Crippen molar-refractivity contribution in [2.24, 2.45) is 13.0 Å². The number of nitrogens with zero attached hydrogens (tertiary/aromatic N) is 5. The minimum atomic E-state index is -0.273. The van der Waals surface area contributed by atoms with Gasteiger partial charge in [0.1, 0.15) is 17.4 Å². The van der Waals surface area contributed by atoms with Crippen LogP contribution in [0.25, 0.3) is 21.3 Å². The van der Waals surface area contributed by atoms with Gasteiger partial charge in [-0.2, -0.15) is 0 Å². The first-order chi connectivity index (χ1) is 20.9. The van der Waals surface area contributed by atoms with Gasteiger partial charge >= 0.3 is 5.97 Å². The number of ether oxygens (including phenoxy) is 2. The van der Waals surface area contributed by atoms with Crippen LogP contribution in [0.1, 0.15) is 60.1 Å².